The standard InChI is InChI=1S/C16H22ClNO2/c1-11(2)18(16(20)9-12(3)13(4)19)10-14-7-5-6-8-15(14)17/h5-8,11-12H,9-10H2,1-4H3/t12-/m1/s1. The molecule has 110 valence electrons. The summed E-state index contributed by atoms with van der Waals surface area (Å²) in [5, 5.41) is 0.658. The number of nitrogens with zero attached hydrogens (tertiary/aromatic N) is 1. The van der Waals surface area contributed by atoms with Gasteiger partial charge in [-0.15, -0.1) is 0 Å². The molecule has 0 N–H and O–H groups in total. The van der Waals surface area contributed by atoms with Gasteiger partial charge in [0.05, 0.1) is 0 Å². The molecule has 0 saturated heterocycles. The number of Topliss-reactive ketones (excluding diaryl/α,β-unsaturated/α-hetero) is 1. The topological polar surface area (TPSA) is 37.4 Å². The van der Waals surface area contributed by atoms with Crippen LogP contribution in [0.3, 0.4) is 0 Å². The molecular formula is C16H22ClNO2. The van der Waals surface area contributed by atoms with Crippen molar-refractivity contribution in [1.29, 1.82) is 0 Å². The molecule has 1 atom stereocenters. The fourth-order valence-electron chi connectivity index (χ4n) is 1.89. The minimum Gasteiger partial charge on any atom is -0.336 e. The largest absolute Gasteiger partial charge is 0.336 e. The van der Waals surface area contributed by atoms with E-state index in [0.717, 1.165) is 5.56 Å². The molecule has 1 aromatic rings. The van der Waals surface area contributed by atoms with Crippen LogP contribution in [0.15, 0.2) is 24.3 Å². The molecule has 3 nitrogen and oxygen atoms in total. The van der Waals surface area contributed by atoms with Crippen molar-refractivity contribution in [2.75, 3.05) is 0 Å². The van der Waals surface area contributed by atoms with Gasteiger partial charge in [0.1, 0.15) is 5.78 Å². The first kappa shape index (κ1) is 16.7. The van der Waals surface area contributed by atoms with Gasteiger partial charge < -0.3 is 4.90 Å². The average molecular weight is 296 g/mol. The van der Waals surface area contributed by atoms with E-state index in [1.165, 1.54) is 6.92 Å². The van der Waals surface area contributed by atoms with Crippen LogP contribution in [0.2, 0.25) is 5.02 Å². The van der Waals surface area contributed by atoms with Crippen molar-refractivity contribution in [3.05, 3.63) is 34.9 Å². The first-order valence-electron chi connectivity index (χ1n) is 6.86. The third-order valence-electron chi connectivity index (χ3n) is 3.42. The summed E-state index contributed by atoms with van der Waals surface area (Å²) in [5.41, 5.74) is 0.923. The van der Waals surface area contributed by atoms with Gasteiger partial charge in [-0.25, -0.2) is 0 Å². The minimum absolute atomic E-state index is 0.0115. The van der Waals surface area contributed by atoms with Crippen molar-refractivity contribution in [3.8, 4) is 0 Å². The van der Waals surface area contributed by atoms with Gasteiger partial charge in [-0.1, -0.05) is 36.7 Å². The predicted octanol–water partition coefficient (Wildman–Crippen LogP) is 3.69. The normalized spacial score (nSPS) is 12.3. The first-order chi connectivity index (χ1) is 9.32. The second-order valence-electron chi connectivity index (χ2n) is 5.42. The summed E-state index contributed by atoms with van der Waals surface area (Å²) in [5.74, 6) is -0.211. The maximum atomic E-state index is 12.3. The Morgan fingerprint density at radius 2 is 1.80 bits per heavy atom. The highest BCUT2D eigenvalue weighted by Crippen LogP contribution is 2.19. The lowest BCUT2D eigenvalue weighted by molar-refractivity contribution is -0.136. The third-order valence-corrected chi connectivity index (χ3v) is 3.79. The van der Waals surface area contributed by atoms with Crippen molar-refractivity contribution in [2.45, 2.75) is 46.7 Å². The van der Waals surface area contributed by atoms with Crippen molar-refractivity contribution in [1.82, 2.24) is 4.90 Å². The van der Waals surface area contributed by atoms with Crippen LogP contribution in [0, 0.1) is 5.92 Å². The zero-order chi connectivity index (χ0) is 15.3. The molecule has 0 aliphatic heterocycles. The molecule has 0 spiro atoms. The molecule has 0 fully saturated rings. The molecule has 0 radical (unpaired) electrons. The first-order valence-corrected chi connectivity index (χ1v) is 7.24. The Morgan fingerprint density at radius 3 is 2.30 bits per heavy atom. The number of rotatable bonds is 6. The Morgan fingerprint density at radius 1 is 1.20 bits per heavy atom. The highest BCUT2D eigenvalue weighted by atomic mass is 35.5. The Balaban J connectivity index is 2.82. The van der Waals surface area contributed by atoms with E-state index in [1.54, 1.807) is 11.8 Å². The molecule has 1 aromatic carbocycles. The van der Waals surface area contributed by atoms with Gasteiger partial charge in [0.25, 0.3) is 0 Å². The van der Waals surface area contributed by atoms with E-state index in [9.17, 15) is 9.59 Å². The summed E-state index contributed by atoms with van der Waals surface area (Å²) in [7, 11) is 0. The highest BCUT2D eigenvalue weighted by Gasteiger charge is 2.21. The van der Waals surface area contributed by atoms with Gasteiger partial charge in [0, 0.05) is 29.9 Å². The molecule has 0 aromatic heterocycles. The number of hydrogen-bond acceptors (Lipinski definition) is 2. The maximum Gasteiger partial charge on any atom is 0.223 e. The second kappa shape index (κ2) is 7.44. The van der Waals surface area contributed by atoms with Crippen LogP contribution in [-0.2, 0) is 16.1 Å². The smallest absolute Gasteiger partial charge is 0.223 e. The lowest BCUT2D eigenvalue weighted by Crippen LogP contribution is -2.37. The summed E-state index contributed by atoms with van der Waals surface area (Å²) < 4.78 is 0. The summed E-state index contributed by atoms with van der Waals surface area (Å²) in [4.78, 5) is 25.4. The van der Waals surface area contributed by atoms with Gasteiger partial charge in [-0.05, 0) is 32.4 Å². The Bertz CT molecular complexity index is 485. The van der Waals surface area contributed by atoms with E-state index in [-0.39, 0.29) is 30.1 Å². The van der Waals surface area contributed by atoms with Crippen LogP contribution in [0.4, 0.5) is 0 Å². The van der Waals surface area contributed by atoms with E-state index in [0.29, 0.717) is 11.6 Å². The van der Waals surface area contributed by atoms with Crippen LogP contribution >= 0.6 is 11.6 Å². The molecule has 20 heavy (non-hydrogen) atoms. The SMILES string of the molecule is CC(=O)[C@H](C)CC(=O)N(Cc1ccccc1Cl)C(C)C. The Kier molecular flexibility index (Phi) is 6.21. The monoisotopic (exact) mass is 295 g/mol. The summed E-state index contributed by atoms with van der Waals surface area (Å²) >= 11 is 6.14. The van der Waals surface area contributed by atoms with Gasteiger partial charge in [0.15, 0.2) is 0 Å². The van der Waals surface area contributed by atoms with Crippen molar-refractivity contribution in [3.63, 3.8) is 0 Å². The number of amides is 1. The maximum absolute atomic E-state index is 12.3. The lowest BCUT2D eigenvalue weighted by Gasteiger charge is -2.28. The molecule has 0 bridgehead atoms. The van der Waals surface area contributed by atoms with E-state index in [1.807, 2.05) is 38.1 Å². The quantitative estimate of drug-likeness (QED) is 0.802. The Hall–Kier alpha value is -1.35. The second-order valence-corrected chi connectivity index (χ2v) is 5.83. The number of benzene rings is 1. The molecule has 0 aliphatic carbocycles. The highest BCUT2D eigenvalue weighted by molar-refractivity contribution is 6.31. The fraction of sp³-hybridized carbons (Fsp3) is 0.500. The molecule has 0 unspecified atom stereocenters. The number of carbonyl (C=O) groups excluding carboxylic acids is 2. The van der Waals surface area contributed by atoms with E-state index in [4.69, 9.17) is 11.6 Å². The third kappa shape index (κ3) is 4.64. The number of carbonyl (C=O) groups is 2. The van der Waals surface area contributed by atoms with E-state index < -0.39 is 0 Å². The van der Waals surface area contributed by atoms with Crippen LogP contribution in [0.5, 0.6) is 0 Å². The van der Waals surface area contributed by atoms with Crippen molar-refractivity contribution < 1.29 is 9.59 Å². The lowest BCUT2D eigenvalue weighted by atomic mass is 10.0. The molecule has 1 amide bonds. The van der Waals surface area contributed by atoms with E-state index in [2.05, 4.69) is 0 Å². The van der Waals surface area contributed by atoms with Crippen molar-refractivity contribution >= 4 is 23.3 Å². The number of hydrogen-bond donors (Lipinski definition) is 0. The van der Waals surface area contributed by atoms with Gasteiger partial charge in [-0.2, -0.15) is 0 Å². The van der Waals surface area contributed by atoms with E-state index >= 15 is 0 Å². The van der Waals surface area contributed by atoms with Crippen LogP contribution in [0.25, 0.3) is 0 Å². The average Bonchev–Trinajstić information content (AvgIpc) is 2.36. The molecule has 1 rings (SSSR count). The number of ketones is 1. The van der Waals surface area contributed by atoms with Crippen LogP contribution in [0.1, 0.15) is 39.7 Å². The molecule has 4 heteroatoms. The van der Waals surface area contributed by atoms with Gasteiger partial charge in [0.2, 0.25) is 5.91 Å². The Labute approximate surface area is 125 Å². The van der Waals surface area contributed by atoms with Crippen molar-refractivity contribution in [2.24, 2.45) is 5.92 Å². The predicted molar refractivity (Wildman–Crippen MR) is 81.6 cm³/mol. The molecule has 0 saturated carbocycles. The molecule has 0 aliphatic rings. The zero-order valence-electron chi connectivity index (χ0n) is 12.5. The summed E-state index contributed by atoms with van der Waals surface area (Å²) in [6, 6.07) is 7.57. The summed E-state index contributed by atoms with van der Waals surface area (Å²) in [6.45, 7) is 7.71. The van der Waals surface area contributed by atoms with Crippen LogP contribution in [-0.4, -0.2) is 22.6 Å². The van der Waals surface area contributed by atoms with Gasteiger partial charge in [-0.3, -0.25) is 9.59 Å². The molecule has 0 heterocycles. The molecular weight excluding hydrogens is 274 g/mol. The zero-order valence-corrected chi connectivity index (χ0v) is 13.3. The summed E-state index contributed by atoms with van der Waals surface area (Å²) in [6.07, 6.45) is 0.248. The fourth-order valence-corrected chi connectivity index (χ4v) is 2.09. The van der Waals surface area contributed by atoms with Crippen LogP contribution < -0.4 is 0 Å². The number of halogens is 1. The van der Waals surface area contributed by atoms with Gasteiger partial charge >= 0.3 is 0 Å². The minimum atomic E-state index is -0.241.